The van der Waals surface area contributed by atoms with E-state index >= 15 is 0 Å². The van der Waals surface area contributed by atoms with Crippen molar-refractivity contribution >= 4 is 5.96 Å². The summed E-state index contributed by atoms with van der Waals surface area (Å²) in [5.74, 6) is -0.0689. The lowest BCUT2D eigenvalue weighted by atomic mass is 10.0. The Balaban J connectivity index is 1.92. The van der Waals surface area contributed by atoms with Gasteiger partial charge in [-0.15, -0.1) is 0 Å². The zero-order valence-electron chi connectivity index (χ0n) is 16.5. The molecule has 160 valence electrons. The molecule has 0 aliphatic rings. The third-order valence-corrected chi connectivity index (χ3v) is 3.93. The van der Waals surface area contributed by atoms with Gasteiger partial charge in [0.15, 0.2) is 5.96 Å². The lowest BCUT2D eigenvalue weighted by Crippen LogP contribution is -2.40. The largest absolute Gasteiger partial charge is 0.475 e. The minimum atomic E-state index is -4.54. The maximum atomic E-state index is 12.9. The Bertz CT molecular complexity index is 820. The Labute approximate surface area is 166 Å². The first-order valence-corrected chi connectivity index (χ1v) is 9.02. The Morgan fingerprint density at radius 3 is 2.72 bits per heavy atom. The van der Waals surface area contributed by atoms with Crippen LogP contribution in [0.4, 0.5) is 13.2 Å². The molecule has 0 radical (unpaired) electrons. The highest BCUT2D eigenvalue weighted by atomic mass is 19.4. The summed E-state index contributed by atoms with van der Waals surface area (Å²) in [5.41, 5.74) is -1.52. The van der Waals surface area contributed by atoms with Crippen LogP contribution < -0.4 is 15.4 Å². The Kier molecular flexibility index (Phi) is 7.43. The zero-order valence-corrected chi connectivity index (χ0v) is 16.5. The molecule has 1 unspecified atom stereocenters. The molecule has 0 aliphatic carbocycles. The first-order chi connectivity index (χ1) is 13.6. The summed E-state index contributed by atoms with van der Waals surface area (Å²) in [4.78, 5) is 7.97. The standard InChI is InChI=1S/C18H25F3N6O2/c1-4-22-16(25-12-17(2,28)13-10-26-27(3)11-13)24-8-9-29-15-14(18(19,20)21)6-5-7-23-15/h5-7,10-11,28H,4,8-9,12H2,1-3H3,(H2,22,24,25). The van der Waals surface area contributed by atoms with Crippen LogP contribution in [0.2, 0.25) is 0 Å². The SMILES string of the molecule is CCNC(=NCC(C)(O)c1cnn(C)c1)NCCOc1ncccc1C(F)(F)F. The second-order valence-electron chi connectivity index (χ2n) is 6.50. The quantitative estimate of drug-likeness (QED) is 0.346. The number of halogens is 3. The molecule has 11 heteroatoms. The Morgan fingerprint density at radius 2 is 2.10 bits per heavy atom. The van der Waals surface area contributed by atoms with Gasteiger partial charge in [-0.2, -0.15) is 18.3 Å². The van der Waals surface area contributed by atoms with E-state index in [0.717, 1.165) is 6.07 Å². The normalized spacial score (nSPS) is 14.4. The van der Waals surface area contributed by atoms with Gasteiger partial charge < -0.3 is 20.5 Å². The number of alkyl halides is 3. The van der Waals surface area contributed by atoms with E-state index in [4.69, 9.17) is 4.74 Å². The highest BCUT2D eigenvalue weighted by Crippen LogP contribution is 2.34. The van der Waals surface area contributed by atoms with Crippen LogP contribution in [-0.4, -0.2) is 52.1 Å². The molecule has 29 heavy (non-hydrogen) atoms. The van der Waals surface area contributed by atoms with Gasteiger partial charge in [-0.3, -0.25) is 4.68 Å². The van der Waals surface area contributed by atoms with Gasteiger partial charge in [0.05, 0.1) is 19.3 Å². The molecular weight excluding hydrogens is 389 g/mol. The lowest BCUT2D eigenvalue weighted by Gasteiger charge is -2.20. The number of aliphatic imine (C=N–C) groups is 1. The number of ether oxygens (including phenoxy) is 1. The van der Waals surface area contributed by atoms with Gasteiger partial charge in [0, 0.05) is 31.5 Å². The van der Waals surface area contributed by atoms with Crippen LogP contribution >= 0.6 is 0 Å². The molecule has 2 aromatic rings. The van der Waals surface area contributed by atoms with Crippen LogP contribution in [0.5, 0.6) is 5.88 Å². The van der Waals surface area contributed by atoms with Gasteiger partial charge in [0.25, 0.3) is 0 Å². The van der Waals surface area contributed by atoms with E-state index in [0.29, 0.717) is 18.1 Å². The van der Waals surface area contributed by atoms with Crippen molar-refractivity contribution in [3.63, 3.8) is 0 Å². The van der Waals surface area contributed by atoms with Crippen molar-refractivity contribution in [2.24, 2.45) is 12.0 Å². The summed E-state index contributed by atoms with van der Waals surface area (Å²) < 4.78 is 45.6. The average Bonchev–Trinajstić information content (AvgIpc) is 3.10. The van der Waals surface area contributed by atoms with Crippen molar-refractivity contribution < 1.29 is 23.0 Å². The molecule has 0 saturated heterocycles. The molecule has 0 fully saturated rings. The summed E-state index contributed by atoms with van der Waals surface area (Å²) in [6, 6.07) is 2.12. The molecule has 2 rings (SSSR count). The van der Waals surface area contributed by atoms with Crippen LogP contribution in [0.3, 0.4) is 0 Å². The predicted molar refractivity (Wildman–Crippen MR) is 101 cm³/mol. The molecule has 2 aromatic heterocycles. The topological polar surface area (TPSA) is 96.6 Å². The van der Waals surface area contributed by atoms with E-state index in [1.807, 2.05) is 6.92 Å². The first kappa shape index (κ1) is 22.5. The van der Waals surface area contributed by atoms with Crippen molar-refractivity contribution in [3.05, 3.63) is 41.9 Å². The number of nitrogens with one attached hydrogen (secondary N) is 2. The number of guanidine groups is 1. The smallest absolute Gasteiger partial charge is 0.421 e. The molecule has 0 aliphatic heterocycles. The number of pyridine rings is 1. The molecule has 0 saturated carbocycles. The van der Waals surface area contributed by atoms with E-state index in [2.05, 4.69) is 25.7 Å². The second kappa shape index (κ2) is 9.59. The molecule has 0 bridgehead atoms. The highest BCUT2D eigenvalue weighted by molar-refractivity contribution is 5.79. The monoisotopic (exact) mass is 414 g/mol. The number of rotatable bonds is 8. The number of aryl methyl sites for hydroxylation is 1. The predicted octanol–water partition coefficient (Wildman–Crippen LogP) is 1.68. The fourth-order valence-electron chi connectivity index (χ4n) is 2.40. The van der Waals surface area contributed by atoms with Crippen LogP contribution in [0.15, 0.2) is 35.7 Å². The van der Waals surface area contributed by atoms with Crippen LogP contribution in [0.25, 0.3) is 0 Å². The van der Waals surface area contributed by atoms with Crippen molar-refractivity contribution in [1.29, 1.82) is 0 Å². The number of aromatic nitrogens is 3. The minimum absolute atomic E-state index is 0.0521. The van der Waals surface area contributed by atoms with E-state index in [1.54, 1.807) is 31.0 Å². The van der Waals surface area contributed by atoms with Crippen molar-refractivity contribution in [2.75, 3.05) is 26.2 Å². The van der Waals surface area contributed by atoms with E-state index < -0.39 is 23.2 Å². The van der Waals surface area contributed by atoms with Crippen molar-refractivity contribution in [1.82, 2.24) is 25.4 Å². The third-order valence-electron chi connectivity index (χ3n) is 3.93. The van der Waals surface area contributed by atoms with E-state index in [9.17, 15) is 18.3 Å². The summed E-state index contributed by atoms with van der Waals surface area (Å²) in [7, 11) is 1.75. The maximum Gasteiger partial charge on any atom is 0.421 e. The van der Waals surface area contributed by atoms with Crippen molar-refractivity contribution in [2.45, 2.75) is 25.6 Å². The van der Waals surface area contributed by atoms with Gasteiger partial charge in [0.2, 0.25) is 5.88 Å². The lowest BCUT2D eigenvalue weighted by molar-refractivity contribution is -0.139. The first-order valence-electron chi connectivity index (χ1n) is 9.02. The summed E-state index contributed by atoms with van der Waals surface area (Å²) >= 11 is 0. The maximum absolute atomic E-state index is 12.9. The Hall–Kier alpha value is -2.82. The summed E-state index contributed by atoms with van der Waals surface area (Å²) in [5, 5.41) is 20.6. The molecule has 3 N–H and O–H groups in total. The van der Waals surface area contributed by atoms with Gasteiger partial charge in [0.1, 0.15) is 17.8 Å². The van der Waals surface area contributed by atoms with Gasteiger partial charge in [-0.05, 0) is 26.0 Å². The zero-order chi connectivity index (χ0) is 21.5. The number of hydrogen-bond acceptors (Lipinski definition) is 5. The number of aliphatic hydroxyl groups is 1. The van der Waals surface area contributed by atoms with Gasteiger partial charge >= 0.3 is 6.18 Å². The van der Waals surface area contributed by atoms with Gasteiger partial charge in [-0.25, -0.2) is 9.98 Å². The number of nitrogens with zero attached hydrogens (tertiary/aromatic N) is 4. The van der Waals surface area contributed by atoms with Crippen molar-refractivity contribution in [3.8, 4) is 5.88 Å². The van der Waals surface area contributed by atoms with E-state index in [1.165, 1.54) is 12.3 Å². The molecule has 0 spiro atoms. The van der Waals surface area contributed by atoms with Crippen LogP contribution in [0.1, 0.15) is 25.0 Å². The number of hydrogen-bond donors (Lipinski definition) is 3. The van der Waals surface area contributed by atoms with Gasteiger partial charge in [-0.1, -0.05) is 0 Å². The second-order valence-corrected chi connectivity index (χ2v) is 6.50. The van der Waals surface area contributed by atoms with E-state index in [-0.39, 0.29) is 19.7 Å². The molecule has 0 aromatic carbocycles. The summed E-state index contributed by atoms with van der Waals surface area (Å²) in [6.07, 6.45) is -0.0288. The highest BCUT2D eigenvalue weighted by Gasteiger charge is 2.35. The third kappa shape index (κ3) is 6.63. The minimum Gasteiger partial charge on any atom is -0.475 e. The van der Waals surface area contributed by atoms with Crippen LogP contribution in [-0.2, 0) is 18.8 Å². The fourth-order valence-corrected chi connectivity index (χ4v) is 2.40. The fraction of sp³-hybridized carbons (Fsp3) is 0.500. The van der Waals surface area contributed by atoms with Crippen LogP contribution in [0, 0.1) is 0 Å². The molecule has 2 heterocycles. The Morgan fingerprint density at radius 1 is 1.34 bits per heavy atom. The molecule has 0 amide bonds. The summed E-state index contributed by atoms with van der Waals surface area (Å²) in [6.45, 7) is 4.27. The average molecular weight is 414 g/mol. The molecular formula is C18H25F3N6O2. The molecule has 1 atom stereocenters. The molecule has 8 nitrogen and oxygen atoms in total.